The van der Waals surface area contributed by atoms with E-state index >= 15 is 0 Å². The van der Waals surface area contributed by atoms with Gasteiger partial charge in [0.1, 0.15) is 0 Å². The molecule has 0 aliphatic heterocycles. The summed E-state index contributed by atoms with van der Waals surface area (Å²) < 4.78 is 0. The van der Waals surface area contributed by atoms with Gasteiger partial charge in [0.2, 0.25) is 11.8 Å². The number of hydrogen-bond donors (Lipinski definition) is 3. The summed E-state index contributed by atoms with van der Waals surface area (Å²) >= 11 is 0. The van der Waals surface area contributed by atoms with Crippen LogP contribution in [0.1, 0.15) is 46.0 Å². The monoisotopic (exact) mass is 255 g/mol. The molecule has 0 spiro atoms. The quantitative estimate of drug-likeness (QED) is 0.670. The van der Waals surface area contributed by atoms with E-state index in [9.17, 15) is 9.59 Å². The third kappa shape index (κ3) is 4.29. The summed E-state index contributed by atoms with van der Waals surface area (Å²) in [5.74, 6) is 0.345. The van der Waals surface area contributed by atoms with Crippen LogP contribution in [0.3, 0.4) is 0 Å². The molecule has 4 N–H and O–H groups in total. The summed E-state index contributed by atoms with van der Waals surface area (Å²) in [6.45, 7) is 4.97. The van der Waals surface area contributed by atoms with E-state index < -0.39 is 5.54 Å². The third-order valence-electron chi connectivity index (χ3n) is 3.50. The van der Waals surface area contributed by atoms with Crippen molar-refractivity contribution in [2.24, 2.45) is 11.7 Å². The molecule has 2 atom stereocenters. The van der Waals surface area contributed by atoms with Crippen LogP contribution in [0, 0.1) is 5.92 Å². The number of amides is 2. The fourth-order valence-corrected chi connectivity index (χ4v) is 2.55. The lowest BCUT2D eigenvalue weighted by Crippen LogP contribution is -2.56. The van der Waals surface area contributed by atoms with Crippen molar-refractivity contribution in [1.29, 1.82) is 0 Å². The van der Waals surface area contributed by atoms with Crippen LogP contribution in [-0.4, -0.2) is 30.4 Å². The molecule has 5 heteroatoms. The number of nitrogens with one attached hydrogen (secondary N) is 2. The SMILES string of the molecule is CCNC(=O)CCNC(=O)C1(N)CCCC(C)C1. The molecule has 1 rings (SSSR count). The van der Waals surface area contributed by atoms with Crippen molar-refractivity contribution in [1.82, 2.24) is 10.6 Å². The smallest absolute Gasteiger partial charge is 0.240 e. The molecule has 1 aliphatic rings. The topological polar surface area (TPSA) is 84.2 Å². The zero-order valence-corrected chi connectivity index (χ0v) is 11.4. The minimum Gasteiger partial charge on any atom is -0.356 e. The van der Waals surface area contributed by atoms with E-state index in [-0.39, 0.29) is 11.8 Å². The van der Waals surface area contributed by atoms with Gasteiger partial charge in [0.15, 0.2) is 0 Å². The molecule has 1 fully saturated rings. The maximum absolute atomic E-state index is 12.0. The van der Waals surface area contributed by atoms with Crippen molar-refractivity contribution >= 4 is 11.8 Å². The molecule has 2 unspecified atom stereocenters. The normalized spacial score (nSPS) is 27.6. The van der Waals surface area contributed by atoms with Crippen LogP contribution < -0.4 is 16.4 Å². The number of hydrogen-bond acceptors (Lipinski definition) is 3. The predicted octanol–water partition coefficient (Wildman–Crippen LogP) is 0.536. The zero-order chi connectivity index (χ0) is 13.6. The molecule has 18 heavy (non-hydrogen) atoms. The second-order valence-electron chi connectivity index (χ2n) is 5.32. The van der Waals surface area contributed by atoms with E-state index in [2.05, 4.69) is 17.6 Å². The lowest BCUT2D eigenvalue weighted by atomic mass is 9.76. The summed E-state index contributed by atoms with van der Waals surface area (Å²) in [6, 6.07) is 0. The van der Waals surface area contributed by atoms with Crippen molar-refractivity contribution in [3.63, 3.8) is 0 Å². The van der Waals surface area contributed by atoms with Crippen LogP contribution in [0.25, 0.3) is 0 Å². The van der Waals surface area contributed by atoms with E-state index in [1.54, 1.807) is 0 Å². The van der Waals surface area contributed by atoms with Gasteiger partial charge in [0.05, 0.1) is 5.54 Å². The molecule has 1 aliphatic carbocycles. The van der Waals surface area contributed by atoms with Crippen LogP contribution in [0.5, 0.6) is 0 Å². The van der Waals surface area contributed by atoms with Crippen molar-refractivity contribution in [2.45, 2.75) is 51.5 Å². The molecule has 1 saturated carbocycles. The third-order valence-corrected chi connectivity index (χ3v) is 3.50. The minimum atomic E-state index is -0.737. The molecule has 5 nitrogen and oxygen atoms in total. The van der Waals surface area contributed by atoms with E-state index in [0.29, 0.717) is 25.4 Å². The summed E-state index contributed by atoms with van der Waals surface area (Å²) in [5, 5.41) is 5.47. The molecule has 0 aromatic heterocycles. The van der Waals surface area contributed by atoms with Crippen LogP contribution in [-0.2, 0) is 9.59 Å². The standard InChI is InChI=1S/C13H25N3O2/c1-3-15-11(17)6-8-16-12(18)13(14)7-4-5-10(2)9-13/h10H,3-9,14H2,1-2H3,(H,15,17)(H,16,18). The van der Waals surface area contributed by atoms with Gasteiger partial charge in [-0.25, -0.2) is 0 Å². The lowest BCUT2D eigenvalue weighted by Gasteiger charge is -2.35. The molecule has 0 radical (unpaired) electrons. The predicted molar refractivity (Wildman–Crippen MR) is 70.9 cm³/mol. The Labute approximate surface area is 109 Å². The van der Waals surface area contributed by atoms with Crippen molar-refractivity contribution < 1.29 is 9.59 Å². The van der Waals surface area contributed by atoms with Gasteiger partial charge in [-0.15, -0.1) is 0 Å². The number of carbonyl (C=O) groups excluding carboxylic acids is 2. The molecule has 0 bridgehead atoms. The van der Waals surface area contributed by atoms with Crippen molar-refractivity contribution in [2.75, 3.05) is 13.1 Å². The maximum Gasteiger partial charge on any atom is 0.240 e. The highest BCUT2D eigenvalue weighted by Gasteiger charge is 2.37. The Balaban J connectivity index is 2.33. The molecular formula is C13H25N3O2. The highest BCUT2D eigenvalue weighted by Crippen LogP contribution is 2.30. The fourth-order valence-electron chi connectivity index (χ4n) is 2.55. The van der Waals surface area contributed by atoms with E-state index in [0.717, 1.165) is 25.7 Å². The Kier molecular flexibility index (Phi) is 5.59. The minimum absolute atomic E-state index is 0.0408. The first-order chi connectivity index (χ1) is 8.48. The largest absolute Gasteiger partial charge is 0.356 e. The van der Waals surface area contributed by atoms with Gasteiger partial charge in [0, 0.05) is 19.5 Å². The Morgan fingerprint density at radius 1 is 1.39 bits per heavy atom. The number of nitrogens with two attached hydrogens (primary N) is 1. The van der Waals surface area contributed by atoms with Gasteiger partial charge < -0.3 is 16.4 Å². The molecule has 0 heterocycles. The Morgan fingerprint density at radius 2 is 2.11 bits per heavy atom. The first-order valence-corrected chi connectivity index (χ1v) is 6.82. The average Bonchev–Trinajstić information content (AvgIpc) is 2.28. The van der Waals surface area contributed by atoms with E-state index in [1.165, 1.54) is 0 Å². The highest BCUT2D eigenvalue weighted by molar-refractivity contribution is 5.86. The summed E-state index contributed by atoms with van der Waals surface area (Å²) in [4.78, 5) is 23.3. The van der Waals surface area contributed by atoms with E-state index in [1.807, 2.05) is 6.92 Å². The Morgan fingerprint density at radius 3 is 2.72 bits per heavy atom. The first-order valence-electron chi connectivity index (χ1n) is 6.82. The van der Waals surface area contributed by atoms with Gasteiger partial charge in [0.25, 0.3) is 0 Å². The Hall–Kier alpha value is -1.10. The summed E-state index contributed by atoms with van der Waals surface area (Å²) in [5.41, 5.74) is 5.42. The number of rotatable bonds is 5. The van der Waals surface area contributed by atoms with Crippen LogP contribution >= 0.6 is 0 Å². The van der Waals surface area contributed by atoms with Gasteiger partial charge in [-0.05, 0) is 25.7 Å². The zero-order valence-electron chi connectivity index (χ0n) is 11.4. The van der Waals surface area contributed by atoms with Crippen LogP contribution in [0.15, 0.2) is 0 Å². The van der Waals surface area contributed by atoms with Crippen LogP contribution in [0.4, 0.5) is 0 Å². The second-order valence-corrected chi connectivity index (χ2v) is 5.32. The first kappa shape index (κ1) is 15.0. The molecule has 104 valence electrons. The van der Waals surface area contributed by atoms with Gasteiger partial charge in [-0.1, -0.05) is 19.8 Å². The molecule has 0 saturated heterocycles. The maximum atomic E-state index is 12.0. The summed E-state index contributed by atoms with van der Waals surface area (Å²) in [6.07, 6.45) is 3.93. The molecular weight excluding hydrogens is 230 g/mol. The summed E-state index contributed by atoms with van der Waals surface area (Å²) in [7, 11) is 0. The number of carbonyl (C=O) groups is 2. The average molecular weight is 255 g/mol. The highest BCUT2D eigenvalue weighted by atomic mass is 16.2. The second kappa shape index (κ2) is 6.73. The molecule has 0 aromatic carbocycles. The molecule has 2 amide bonds. The van der Waals surface area contributed by atoms with Gasteiger partial charge in [-0.3, -0.25) is 9.59 Å². The molecule has 0 aromatic rings. The Bertz CT molecular complexity index is 307. The van der Waals surface area contributed by atoms with E-state index in [4.69, 9.17) is 5.73 Å². The van der Waals surface area contributed by atoms with Crippen molar-refractivity contribution in [3.8, 4) is 0 Å². The van der Waals surface area contributed by atoms with Gasteiger partial charge >= 0.3 is 0 Å². The lowest BCUT2D eigenvalue weighted by molar-refractivity contribution is -0.128. The van der Waals surface area contributed by atoms with Gasteiger partial charge in [-0.2, -0.15) is 0 Å². The van der Waals surface area contributed by atoms with Crippen LogP contribution in [0.2, 0.25) is 0 Å². The fraction of sp³-hybridized carbons (Fsp3) is 0.846. The van der Waals surface area contributed by atoms with Crippen molar-refractivity contribution in [3.05, 3.63) is 0 Å².